The minimum Gasteiger partial charge on any atom is -0.377 e. The van der Waals surface area contributed by atoms with Gasteiger partial charge in [-0.15, -0.1) is 24.0 Å². The normalized spacial score (nSPS) is 18.8. The zero-order valence-electron chi connectivity index (χ0n) is 18.2. The summed E-state index contributed by atoms with van der Waals surface area (Å²) in [4.78, 5) is 11.4. The first kappa shape index (κ1) is 24.1. The maximum Gasteiger partial charge on any atom is 0.191 e. The molecule has 10 heteroatoms. The third kappa shape index (κ3) is 6.48. The lowest BCUT2D eigenvalue weighted by Crippen LogP contribution is -2.46. The van der Waals surface area contributed by atoms with Crippen molar-refractivity contribution in [3.63, 3.8) is 0 Å². The number of aliphatic imine (C=N–C) groups is 1. The van der Waals surface area contributed by atoms with E-state index in [4.69, 9.17) is 4.74 Å². The standard InChI is InChI=1S/C21H31N7OS.HI/c1-22-21(24-17-5-8-20-25-19(15-29-2)26-28(20)14-17)23-13-16-3-6-18(7-4-16)27-9-11-30-12-10-27;/h3-4,6-7,17H,5,8-15H2,1-2H3,(H2,22,23,24);1H. The Balaban J connectivity index is 0.00000272. The fraction of sp³-hybridized carbons (Fsp3) is 0.571. The summed E-state index contributed by atoms with van der Waals surface area (Å²) in [6.45, 7) is 4.27. The SMILES string of the molecule is CN=C(NCc1ccc(N2CCSCC2)cc1)NC1CCc2nc(COC)nn2C1.I. The Morgan fingerprint density at radius 1 is 1.26 bits per heavy atom. The van der Waals surface area contributed by atoms with Gasteiger partial charge >= 0.3 is 0 Å². The first-order valence-electron chi connectivity index (χ1n) is 10.6. The van der Waals surface area contributed by atoms with Crippen LogP contribution in [0.2, 0.25) is 0 Å². The van der Waals surface area contributed by atoms with Crippen LogP contribution in [-0.2, 0) is 30.9 Å². The molecule has 1 unspecified atom stereocenters. The van der Waals surface area contributed by atoms with E-state index in [0.717, 1.165) is 56.6 Å². The molecule has 1 fully saturated rings. The van der Waals surface area contributed by atoms with Gasteiger partial charge in [0.25, 0.3) is 0 Å². The van der Waals surface area contributed by atoms with Crippen molar-refractivity contribution in [2.24, 2.45) is 4.99 Å². The number of hydrogen-bond donors (Lipinski definition) is 2. The lowest BCUT2D eigenvalue weighted by Gasteiger charge is -2.28. The number of rotatable bonds is 6. The van der Waals surface area contributed by atoms with E-state index in [1.165, 1.54) is 22.8 Å². The molecule has 1 aromatic carbocycles. The largest absolute Gasteiger partial charge is 0.377 e. The molecule has 2 aliphatic rings. The molecule has 0 saturated carbocycles. The van der Waals surface area contributed by atoms with Gasteiger partial charge < -0.3 is 20.3 Å². The van der Waals surface area contributed by atoms with Crippen LogP contribution in [0.25, 0.3) is 0 Å². The van der Waals surface area contributed by atoms with Crippen LogP contribution in [0, 0.1) is 0 Å². The average molecular weight is 558 g/mol. The summed E-state index contributed by atoms with van der Waals surface area (Å²) in [5, 5.41) is 11.5. The van der Waals surface area contributed by atoms with E-state index >= 15 is 0 Å². The van der Waals surface area contributed by atoms with E-state index in [-0.39, 0.29) is 30.0 Å². The van der Waals surface area contributed by atoms with E-state index in [2.05, 4.69) is 54.9 Å². The summed E-state index contributed by atoms with van der Waals surface area (Å²) in [7, 11) is 3.48. The second kappa shape index (κ2) is 11.9. The van der Waals surface area contributed by atoms with Crippen molar-refractivity contribution in [3.8, 4) is 0 Å². The molecule has 4 rings (SSSR count). The van der Waals surface area contributed by atoms with E-state index in [9.17, 15) is 0 Å². The quantitative estimate of drug-likeness (QED) is 0.321. The average Bonchev–Trinajstić information content (AvgIpc) is 3.19. The van der Waals surface area contributed by atoms with Gasteiger partial charge in [-0.05, 0) is 24.1 Å². The highest BCUT2D eigenvalue weighted by Crippen LogP contribution is 2.20. The second-order valence-corrected chi connectivity index (χ2v) is 8.86. The number of hydrogen-bond acceptors (Lipinski definition) is 6. The van der Waals surface area contributed by atoms with Gasteiger partial charge in [0.05, 0.1) is 6.54 Å². The van der Waals surface area contributed by atoms with Crippen molar-refractivity contribution in [1.82, 2.24) is 25.4 Å². The highest BCUT2D eigenvalue weighted by Gasteiger charge is 2.22. The van der Waals surface area contributed by atoms with Crippen LogP contribution in [0.5, 0.6) is 0 Å². The fourth-order valence-corrected chi connectivity index (χ4v) is 4.79. The van der Waals surface area contributed by atoms with Crippen molar-refractivity contribution in [1.29, 1.82) is 0 Å². The number of benzene rings is 1. The minimum absolute atomic E-state index is 0. The molecule has 170 valence electrons. The highest BCUT2D eigenvalue weighted by molar-refractivity contribution is 14.0. The third-order valence-corrected chi connectivity index (χ3v) is 6.45. The molecule has 0 radical (unpaired) electrons. The topological polar surface area (TPSA) is 79.6 Å². The number of aryl methyl sites for hydroxylation is 1. The minimum atomic E-state index is 0. The summed E-state index contributed by atoms with van der Waals surface area (Å²) < 4.78 is 7.13. The maximum absolute atomic E-state index is 5.14. The van der Waals surface area contributed by atoms with Crippen LogP contribution >= 0.6 is 35.7 Å². The summed E-state index contributed by atoms with van der Waals surface area (Å²) >= 11 is 2.04. The predicted octanol–water partition coefficient (Wildman–Crippen LogP) is 2.28. The number of fused-ring (bicyclic) bond motifs is 1. The summed E-state index contributed by atoms with van der Waals surface area (Å²) in [6.07, 6.45) is 1.91. The predicted molar refractivity (Wildman–Crippen MR) is 138 cm³/mol. The monoisotopic (exact) mass is 557 g/mol. The van der Waals surface area contributed by atoms with E-state index in [0.29, 0.717) is 6.61 Å². The number of aromatic nitrogens is 3. The van der Waals surface area contributed by atoms with Crippen molar-refractivity contribution in [2.45, 2.75) is 38.6 Å². The Morgan fingerprint density at radius 2 is 2.03 bits per heavy atom. The molecule has 0 amide bonds. The van der Waals surface area contributed by atoms with Crippen LogP contribution in [-0.4, -0.2) is 65.5 Å². The van der Waals surface area contributed by atoms with Gasteiger partial charge in [-0.25, -0.2) is 9.67 Å². The number of anilines is 1. The van der Waals surface area contributed by atoms with E-state index < -0.39 is 0 Å². The number of thioether (sulfide) groups is 1. The van der Waals surface area contributed by atoms with Gasteiger partial charge in [0, 0.05) is 63.4 Å². The lowest BCUT2D eigenvalue weighted by molar-refractivity contribution is 0.177. The van der Waals surface area contributed by atoms with Crippen molar-refractivity contribution >= 4 is 47.4 Å². The molecule has 1 aromatic heterocycles. The Morgan fingerprint density at radius 3 is 2.74 bits per heavy atom. The zero-order chi connectivity index (χ0) is 20.8. The Labute approximate surface area is 205 Å². The Bertz CT molecular complexity index is 852. The van der Waals surface area contributed by atoms with Crippen LogP contribution in [0.15, 0.2) is 29.3 Å². The van der Waals surface area contributed by atoms with Crippen LogP contribution in [0.3, 0.4) is 0 Å². The number of nitrogens with one attached hydrogen (secondary N) is 2. The second-order valence-electron chi connectivity index (χ2n) is 7.63. The zero-order valence-corrected chi connectivity index (χ0v) is 21.4. The van der Waals surface area contributed by atoms with E-state index in [1.807, 2.05) is 23.5 Å². The molecule has 2 aromatic rings. The van der Waals surface area contributed by atoms with Gasteiger partial charge in [0.15, 0.2) is 11.8 Å². The highest BCUT2D eigenvalue weighted by atomic mass is 127. The van der Waals surface area contributed by atoms with Gasteiger partial charge in [0.1, 0.15) is 12.4 Å². The summed E-state index contributed by atoms with van der Waals surface area (Å²) in [5.41, 5.74) is 2.57. The number of halogens is 1. The van der Waals surface area contributed by atoms with E-state index in [1.54, 1.807) is 7.11 Å². The fourth-order valence-electron chi connectivity index (χ4n) is 3.89. The molecule has 31 heavy (non-hydrogen) atoms. The Hall–Kier alpha value is -1.53. The number of nitrogens with zero attached hydrogens (tertiary/aromatic N) is 5. The number of methoxy groups -OCH3 is 1. The summed E-state index contributed by atoms with van der Waals surface area (Å²) in [5.74, 6) is 5.04. The lowest BCUT2D eigenvalue weighted by atomic mass is 10.1. The molecule has 2 aliphatic heterocycles. The molecule has 2 N–H and O–H groups in total. The molecule has 3 heterocycles. The number of guanidine groups is 1. The molecular weight excluding hydrogens is 525 g/mol. The first-order chi connectivity index (χ1) is 14.7. The molecule has 0 spiro atoms. The van der Waals surface area contributed by atoms with Crippen LogP contribution < -0.4 is 15.5 Å². The third-order valence-electron chi connectivity index (χ3n) is 5.51. The smallest absolute Gasteiger partial charge is 0.191 e. The van der Waals surface area contributed by atoms with Crippen molar-refractivity contribution in [3.05, 3.63) is 41.5 Å². The summed E-state index contributed by atoms with van der Waals surface area (Å²) in [6, 6.07) is 9.15. The number of ether oxygens (including phenoxy) is 1. The molecule has 1 saturated heterocycles. The molecular formula is C21H32IN7OS. The van der Waals surface area contributed by atoms with Crippen molar-refractivity contribution < 1.29 is 4.74 Å². The van der Waals surface area contributed by atoms with Crippen LogP contribution in [0.1, 0.15) is 23.6 Å². The van der Waals surface area contributed by atoms with Gasteiger partial charge in [0.2, 0.25) is 0 Å². The van der Waals surface area contributed by atoms with Crippen molar-refractivity contribution in [2.75, 3.05) is 43.7 Å². The van der Waals surface area contributed by atoms with Gasteiger partial charge in [-0.3, -0.25) is 4.99 Å². The molecule has 0 bridgehead atoms. The Kier molecular flexibility index (Phi) is 9.27. The maximum atomic E-state index is 5.14. The first-order valence-corrected chi connectivity index (χ1v) is 11.7. The van der Waals surface area contributed by atoms with Crippen LogP contribution in [0.4, 0.5) is 5.69 Å². The van der Waals surface area contributed by atoms with Gasteiger partial charge in [-0.1, -0.05) is 12.1 Å². The molecule has 8 nitrogen and oxygen atoms in total. The molecule has 1 atom stereocenters. The van der Waals surface area contributed by atoms with Gasteiger partial charge in [-0.2, -0.15) is 16.9 Å². The molecule has 0 aliphatic carbocycles.